The Kier molecular flexibility index (Phi) is 7.34. The summed E-state index contributed by atoms with van der Waals surface area (Å²) >= 11 is 4.68. The molecule has 1 aromatic carbocycles. The van der Waals surface area contributed by atoms with Crippen LogP contribution >= 0.6 is 34.9 Å². The summed E-state index contributed by atoms with van der Waals surface area (Å²) in [6.45, 7) is 4.88. The lowest BCUT2D eigenvalue weighted by Gasteiger charge is -2.07. The number of nitrogens with zero attached hydrogens (tertiary/aromatic N) is 5. The van der Waals surface area contributed by atoms with Crippen LogP contribution in [-0.2, 0) is 23.6 Å². The van der Waals surface area contributed by atoms with Crippen molar-refractivity contribution in [2.75, 3.05) is 5.75 Å². The molecular formula is C21H20N6OS3. The Bertz CT molecular complexity index is 1140. The number of thioether (sulfide) groups is 2. The Morgan fingerprint density at radius 1 is 1.19 bits per heavy atom. The van der Waals surface area contributed by atoms with E-state index in [2.05, 4.69) is 38.1 Å². The maximum absolute atomic E-state index is 12.2. The first-order chi connectivity index (χ1) is 15.2. The SMILES string of the molecule is C=CCn1c(CSc2nc3ccccc3s2)nnc1SCC(=O)NCc1cccnc1. The molecule has 31 heavy (non-hydrogen) atoms. The molecule has 158 valence electrons. The molecule has 3 aromatic heterocycles. The van der Waals surface area contributed by atoms with Gasteiger partial charge in [-0.1, -0.05) is 47.8 Å². The van der Waals surface area contributed by atoms with Gasteiger partial charge < -0.3 is 9.88 Å². The first kappa shape index (κ1) is 21.5. The van der Waals surface area contributed by atoms with Crippen molar-refractivity contribution in [3.8, 4) is 0 Å². The van der Waals surface area contributed by atoms with Gasteiger partial charge in [-0.25, -0.2) is 4.98 Å². The molecule has 3 heterocycles. The molecule has 0 radical (unpaired) electrons. The van der Waals surface area contributed by atoms with E-state index in [9.17, 15) is 4.79 Å². The second-order valence-electron chi connectivity index (χ2n) is 6.46. The number of carbonyl (C=O) groups is 1. The van der Waals surface area contributed by atoms with E-state index in [0.29, 0.717) is 24.0 Å². The van der Waals surface area contributed by atoms with Crippen molar-refractivity contribution in [2.24, 2.45) is 0 Å². The summed E-state index contributed by atoms with van der Waals surface area (Å²) in [6.07, 6.45) is 5.26. The molecule has 10 heteroatoms. The van der Waals surface area contributed by atoms with E-state index >= 15 is 0 Å². The highest BCUT2D eigenvalue weighted by molar-refractivity contribution is 8.00. The molecule has 0 spiro atoms. The summed E-state index contributed by atoms with van der Waals surface area (Å²) in [4.78, 5) is 20.9. The number of nitrogens with one attached hydrogen (secondary N) is 1. The van der Waals surface area contributed by atoms with Crippen LogP contribution in [0.4, 0.5) is 0 Å². The number of allylic oxidation sites excluding steroid dienone is 1. The third kappa shape index (κ3) is 5.72. The summed E-state index contributed by atoms with van der Waals surface area (Å²) in [7, 11) is 0. The molecule has 0 bridgehead atoms. The number of aromatic nitrogens is 5. The average Bonchev–Trinajstić information content (AvgIpc) is 3.39. The smallest absolute Gasteiger partial charge is 0.230 e. The zero-order chi connectivity index (χ0) is 21.5. The minimum atomic E-state index is -0.0626. The highest BCUT2D eigenvalue weighted by Gasteiger charge is 2.15. The van der Waals surface area contributed by atoms with Gasteiger partial charge in [0.05, 0.1) is 21.7 Å². The molecule has 4 aromatic rings. The number of benzene rings is 1. The molecule has 0 unspecified atom stereocenters. The van der Waals surface area contributed by atoms with Gasteiger partial charge in [0.1, 0.15) is 5.82 Å². The van der Waals surface area contributed by atoms with Crippen LogP contribution in [0.25, 0.3) is 10.2 Å². The van der Waals surface area contributed by atoms with Crippen molar-refractivity contribution >= 4 is 51.0 Å². The highest BCUT2D eigenvalue weighted by Crippen LogP contribution is 2.31. The third-order valence-electron chi connectivity index (χ3n) is 4.25. The van der Waals surface area contributed by atoms with Crippen LogP contribution in [0.3, 0.4) is 0 Å². The minimum absolute atomic E-state index is 0.0626. The Morgan fingerprint density at radius 3 is 2.90 bits per heavy atom. The van der Waals surface area contributed by atoms with Crippen molar-refractivity contribution in [3.63, 3.8) is 0 Å². The molecule has 1 amide bonds. The molecule has 0 saturated heterocycles. The van der Waals surface area contributed by atoms with Crippen molar-refractivity contribution in [2.45, 2.75) is 28.3 Å². The van der Waals surface area contributed by atoms with Gasteiger partial charge in [-0.15, -0.1) is 28.1 Å². The molecule has 0 saturated carbocycles. The normalized spacial score (nSPS) is 11.0. The molecule has 0 aliphatic carbocycles. The lowest BCUT2D eigenvalue weighted by molar-refractivity contribution is -0.118. The standard InChI is InChI=1S/C21H20N6OS3/c1-2-10-27-18(13-30-21-24-16-7-3-4-8-17(16)31-21)25-26-20(27)29-14-19(28)23-12-15-6-5-9-22-11-15/h2-9,11H,1,10,12-14H2,(H,23,28). The van der Waals surface area contributed by atoms with Gasteiger partial charge in [0.25, 0.3) is 0 Å². The van der Waals surface area contributed by atoms with Crippen LogP contribution in [0.1, 0.15) is 11.4 Å². The molecule has 0 atom stereocenters. The van der Waals surface area contributed by atoms with Crippen LogP contribution in [-0.4, -0.2) is 36.4 Å². The van der Waals surface area contributed by atoms with Crippen LogP contribution in [0.2, 0.25) is 0 Å². The van der Waals surface area contributed by atoms with E-state index in [-0.39, 0.29) is 11.7 Å². The summed E-state index contributed by atoms with van der Waals surface area (Å²) in [5.41, 5.74) is 1.97. The first-order valence-corrected chi connectivity index (χ1v) is 12.3. The summed E-state index contributed by atoms with van der Waals surface area (Å²) < 4.78 is 4.16. The van der Waals surface area contributed by atoms with Crippen molar-refractivity contribution in [1.29, 1.82) is 0 Å². The lowest BCUT2D eigenvalue weighted by Crippen LogP contribution is -2.24. The van der Waals surface area contributed by atoms with Crippen LogP contribution in [0.15, 0.2) is 70.9 Å². The second kappa shape index (κ2) is 10.6. The molecule has 0 aliphatic rings. The summed E-state index contributed by atoms with van der Waals surface area (Å²) in [6, 6.07) is 11.9. The van der Waals surface area contributed by atoms with E-state index in [1.807, 2.05) is 41.0 Å². The van der Waals surface area contributed by atoms with E-state index in [0.717, 1.165) is 21.2 Å². The van der Waals surface area contributed by atoms with Crippen LogP contribution in [0, 0.1) is 0 Å². The summed E-state index contributed by atoms with van der Waals surface area (Å²) in [5.74, 6) is 1.68. The Morgan fingerprint density at radius 2 is 2.10 bits per heavy atom. The number of hydrogen-bond acceptors (Lipinski definition) is 8. The van der Waals surface area contributed by atoms with Gasteiger partial charge in [-0.3, -0.25) is 9.78 Å². The van der Waals surface area contributed by atoms with E-state index in [1.54, 1.807) is 35.5 Å². The number of hydrogen-bond donors (Lipinski definition) is 1. The third-order valence-corrected chi connectivity index (χ3v) is 7.39. The molecule has 7 nitrogen and oxygen atoms in total. The van der Waals surface area contributed by atoms with Crippen molar-refractivity contribution in [3.05, 3.63) is 72.8 Å². The van der Waals surface area contributed by atoms with Crippen molar-refractivity contribution < 1.29 is 4.79 Å². The monoisotopic (exact) mass is 468 g/mol. The largest absolute Gasteiger partial charge is 0.351 e. The number of rotatable bonds is 10. The summed E-state index contributed by atoms with van der Waals surface area (Å²) in [5, 5.41) is 12.2. The molecule has 4 rings (SSSR count). The first-order valence-electron chi connectivity index (χ1n) is 9.52. The predicted octanol–water partition coefficient (Wildman–Crippen LogP) is 4.17. The number of thiazole rings is 1. The fraction of sp³-hybridized carbons (Fsp3) is 0.190. The van der Waals surface area contributed by atoms with Gasteiger partial charge in [-0.05, 0) is 23.8 Å². The molecule has 1 N–H and O–H groups in total. The Balaban J connectivity index is 1.35. The quantitative estimate of drug-likeness (QED) is 0.276. The maximum Gasteiger partial charge on any atom is 0.230 e. The van der Waals surface area contributed by atoms with Gasteiger partial charge in [-0.2, -0.15) is 0 Å². The number of amides is 1. The van der Waals surface area contributed by atoms with E-state index < -0.39 is 0 Å². The van der Waals surface area contributed by atoms with Gasteiger partial charge in [0.2, 0.25) is 5.91 Å². The molecular weight excluding hydrogens is 448 g/mol. The topological polar surface area (TPSA) is 85.6 Å². The van der Waals surface area contributed by atoms with Crippen LogP contribution < -0.4 is 5.32 Å². The van der Waals surface area contributed by atoms with E-state index in [1.165, 1.54) is 16.5 Å². The van der Waals surface area contributed by atoms with Gasteiger partial charge in [0.15, 0.2) is 9.50 Å². The Labute approximate surface area is 192 Å². The maximum atomic E-state index is 12.2. The average molecular weight is 469 g/mol. The fourth-order valence-corrected chi connectivity index (χ4v) is 5.57. The van der Waals surface area contributed by atoms with Gasteiger partial charge in [0, 0.05) is 25.5 Å². The number of para-hydroxylation sites is 1. The zero-order valence-electron chi connectivity index (χ0n) is 16.6. The zero-order valence-corrected chi connectivity index (χ0v) is 19.1. The van der Waals surface area contributed by atoms with Crippen molar-refractivity contribution in [1.82, 2.24) is 30.0 Å². The fourth-order valence-electron chi connectivity index (χ4n) is 2.77. The molecule has 0 fully saturated rings. The van der Waals surface area contributed by atoms with Crippen LogP contribution in [0.5, 0.6) is 0 Å². The highest BCUT2D eigenvalue weighted by atomic mass is 32.2. The van der Waals surface area contributed by atoms with Gasteiger partial charge >= 0.3 is 0 Å². The minimum Gasteiger partial charge on any atom is -0.351 e. The van der Waals surface area contributed by atoms with E-state index in [4.69, 9.17) is 0 Å². The molecule has 0 aliphatic heterocycles. The second-order valence-corrected chi connectivity index (χ2v) is 9.66. The Hall–Kier alpha value is -2.69. The lowest BCUT2D eigenvalue weighted by atomic mass is 10.3. The number of carbonyl (C=O) groups excluding carboxylic acids is 1. The predicted molar refractivity (Wildman–Crippen MR) is 126 cm³/mol. The number of pyridine rings is 1. The number of fused-ring (bicyclic) bond motifs is 1.